The van der Waals surface area contributed by atoms with Gasteiger partial charge in [-0.25, -0.2) is 4.68 Å². The van der Waals surface area contributed by atoms with Crippen LogP contribution < -0.4 is 0 Å². The van der Waals surface area contributed by atoms with Gasteiger partial charge in [0.2, 0.25) is 0 Å². The van der Waals surface area contributed by atoms with Crippen molar-refractivity contribution in [3.8, 4) is 16.9 Å². The van der Waals surface area contributed by atoms with Gasteiger partial charge in [0.1, 0.15) is 18.0 Å². The van der Waals surface area contributed by atoms with E-state index in [9.17, 15) is 0 Å². The summed E-state index contributed by atoms with van der Waals surface area (Å²) in [6, 6.07) is 13.7. The van der Waals surface area contributed by atoms with Crippen molar-refractivity contribution in [2.24, 2.45) is 15.4 Å². The topological polar surface area (TPSA) is 54.9 Å². The van der Waals surface area contributed by atoms with E-state index in [1.54, 1.807) is 12.1 Å². The molecule has 0 fully saturated rings. The zero-order chi connectivity index (χ0) is 18.3. The molecule has 0 N–H and O–H groups in total. The van der Waals surface area contributed by atoms with Crippen molar-refractivity contribution in [2.45, 2.75) is 13.8 Å². The molecular weight excluding hydrogens is 369 g/mol. The minimum absolute atomic E-state index is 0.430. The van der Waals surface area contributed by atoms with Crippen molar-refractivity contribution in [3.05, 3.63) is 69.3 Å². The molecule has 3 aromatic rings. The largest absolute Gasteiger partial charge is 0.231 e. The predicted molar refractivity (Wildman–Crippen MR) is 105 cm³/mol. The summed E-state index contributed by atoms with van der Waals surface area (Å²) in [6.45, 7) is 4.52. The van der Waals surface area contributed by atoms with E-state index in [-0.39, 0.29) is 0 Å². The van der Waals surface area contributed by atoms with E-state index in [1.807, 2.05) is 17.7 Å². The van der Waals surface area contributed by atoms with Crippen LogP contribution in [0.25, 0.3) is 16.9 Å². The van der Waals surface area contributed by atoms with E-state index < -0.39 is 0 Å². The summed E-state index contributed by atoms with van der Waals surface area (Å²) in [4.78, 5) is 0. The molecule has 0 amide bonds. The third kappa shape index (κ3) is 2.93. The average molecular weight is 384 g/mol. The second kappa shape index (κ2) is 6.67. The summed E-state index contributed by atoms with van der Waals surface area (Å²) in [5.74, 6) is 0. The Hall–Kier alpha value is -2.50. The van der Waals surface area contributed by atoms with Crippen LogP contribution in [0.2, 0.25) is 10.0 Å². The Bertz CT molecular complexity index is 1050. The molecule has 0 atom stereocenters. The maximum atomic E-state index is 6.46. The summed E-state index contributed by atoms with van der Waals surface area (Å²) in [5, 5.41) is 17.7. The first kappa shape index (κ1) is 16.9. The standard InChI is InChI=1S/C19H15Cl2N5/c1-11-3-5-13(6-4-11)19-12(2)18(16-10-22-25-23-16)24-26(19)17-8-7-14(20)9-15(17)21/h3-9H,10H2,1-2H3. The number of benzene rings is 2. The Morgan fingerprint density at radius 3 is 2.42 bits per heavy atom. The Labute approximate surface area is 161 Å². The SMILES string of the molecule is Cc1ccc(-c2c(C)c(C3=NN=NC3)nn2-c2ccc(Cl)cc2Cl)cc1. The van der Waals surface area contributed by atoms with E-state index in [1.165, 1.54) is 5.56 Å². The van der Waals surface area contributed by atoms with Crippen molar-refractivity contribution in [1.82, 2.24) is 9.78 Å². The second-order valence-corrected chi connectivity index (χ2v) is 6.98. The average Bonchev–Trinajstić information content (AvgIpc) is 3.24. The van der Waals surface area contributed by atoms with Gasteiger partial charge in [-0.05, 0) is 37.3 Å². The van der Waals surface area contributed by atoms with Crippen molar-refractivity contribution in [1.29, 1.82) is 0 Å². The highest BCUT2D eigenvalue weighted by Gasteiger charge is 2.23. The Balaban J connectivity index is 1.97. The van der Waals surface area contributed by atoms with Crippen LogP contribution in [-0.4, -0.2) is 22.0 Å². The first-order valence-electron chi connectivity index (χ1n) is 8.10. The van der Waals surface area contributed by atoms with Gasteiger partial charge in [-0.15, -0.1) is 5.10 Å². The smallest absolute Gasteiger partial charge is 0.116 e. The van der Waals surface area contributed by atoms with Gasteiger partial charge < -0.3 is 0 Å². The molecule has 0 bridgehead atoms. The molecule has 0 unspecified atom stereocenters. The number of rotatable bonds is 3. The van der Waals surface area contributed by atoms with Crippen LogP contribution >= 0.6 is 23.2 Å². The second-order valence-electron chi connectivity index (χ2n) is 6.13. The minimum Gasteiger partial charge on any atom is -0.231 e. The molecular formula is C19H15Cl2N5. The zero-order valence-corrected chi connectivity index (χ0v) is 15.8. The predicted octanol–water partition coefficient (Wildman–Crippen LogP) is 5.63. The summed E-state index contributed by atoms with van der Waals surface area (Å²) in [5.41, 5.74) is 6.49. The number of hydrogen-bond donors (Lipinski definition) is 0. The van der Waals surface area contributed by atoms with E-state index in [0.717, 1.165) is 33.9 Å². The highest BCUT2D eigenvalue weighted by atomic mass is 35.5. The van der Waals surface area contributed by atoms with Gasteiger partial charge in [0.15, 0.2) is 0 Å². The molecule has 0 spiro atoms. The number of aromatic nitrogens is 2. The Morgan fingerprint density at radius 1 is 1.00 bits per heavy atom. The van der Waals surface area contributed by atoms with Crippen LogP contribution in [0, 0.1) is 13.8 Å². The highest BCUT2D eigenvalue weighted by molar-refractivity contribution is 6.35. The maximum absolute atomic E-state index is 6.46. The zero-order valence-electron chi connectivity index (χ0n) is 14.2. The molecule has 1 aromatic heterocycles. The molecule has 0 saturated heterocycles. The van der Waals surface area contributed by atoms with Gasteiger partial charge in [0.25, 0.3) is 0 Å². The van der Waals surface area contributed by atoms with Gasteiger partial charge in [-0.1, -0.05) is 53.0 Å². The van der Waals surface area contributed by atoms with E-state index in [4.69, 9.17) is 28.3 Å². The fourth-order valence-corrected chi connectivity index (χ4v) is 3.47. The van der Waals surface area contributed by atoms with Crippen molar-refractivity contribution >= 4 is 28.9 Å². The summed E-state index contributed by atoms with van der Waals surface area (Å²) < 4.78 is 1.84. The quantitative estimate of drug-likeness (QED) is 0.577. The molecule has 5 nitrogen and oxygen atoms in total. The lowest BCUT2D eigenvalue weighted by atomic mass is 10.0. The lowest BCUT2D eigenvalue weighted by Gasteiger charge is -2.11. The molecule has 26 heavy (non-hydrogen) atoms. The van der Waals surface area contributed by atoms with Crippen LogP contribution in [0.5, 0.6) is 0 Å². The number of hydrogen-bond acceptors (Lipinski definition) is 4. The normalized spacial score (nSPS) is 13.3. The summed E-state index contributed by atoms with van der Waals surface area (Å²) in [7, 11) is 0. The molecule has 4 rings (SSSR count). The fraction of sp³-hybridized carbons (Fsp3) is 0.158. The van der Waals surface area contributed by atoms with Crippen LogP contribution in [-0.2, 0) is 0 Å². The van der Waals surface area contributed by atoms with Crippen LogP contribution in [0.15, 0.2) is 57.9 Å². The molecule has 2 aromatic carbocycles. The molecule has 0 aliphatic carbocycles. The lowest BCUT2D eigenvalue weighted by Crippen LogP contribution is -2.06. The van der Waals surface area contributed by atoms with Gasteiger partial charge in [0.05, 0.1) is 16.4 Å². The fourth-order valence-electron chi connectivity index (χ4n) is 2.99. The van der Waals surface area contributed by atoms with E-state index >= 15 is 0 Å². The summed E-state index contributed by atoms with van der Waals surface area (Å²) in [6.07, 6.45) is 0. The van der Waals surface area contributed by atoms with Gasteiger partial charge >= 0.3 is 0 Å². The van der Waals surface area contributed by atoms with E-state index in [0.29, 0.717) is 16.6 Å². The minimum atomic E-state index is 0.430. The van der Waals surface area contributed by atoms with Gasteiger partial charge in [0, 0.05) is 16.1 Å². The molecule has 130 valence electrons. The monoisotopic (exact) mass is 383 g/mol. The van der Waals surface area contributed by atoms with Crippen molar-refractivity contribution in [2.75, 3.05) is 6.54 Å². The number of nitrogens with zero attached hydrogens (tertiary/aromatic N) is 5. The summed E-state index contributed by atoms with van der Waals surface area (Å²) >= 11 is 12.5. The third-order valence-corrected chi connectivity index (χ3v) is 4.85. The first-order chi connectivity index (χ1) is 12.5. The highest BCUT2D eigenvalue weighted by Crippen LogP contribution is 2.33. The molecule has 0 saturated carbocycles. The van der Waals surface area contributed by atoms with Crippen molar-refractivity contribution in [3.63, 3.8) is 0 Å². The molecule has 2 heterocycles. The lowest BCUT2D eigenvalue weighted by molar-refractivity contribution is 0.882. The Morgan fingerprint density at radius 2 is 1.77 bits per heavy atom. The van der Waals surface area contributed by atoms with E-state index in [2.05, 4.69) is 46.6 Å². The van der Waals surface area contributed by atoms with Crippen LogP contribution in [0.3, 0.4) is 0 Å². The van der Waals surface area contributed by atoms with Crippen LogP contribution in [0.4, 0.5) is 0 Å². The third-order valence-electron chi connectivity index (χ3n) is 4.31. The molecule has 7 heteroatoms. The first-order valence-corrected chi connectivity index (χ1v) is 8.86. The molecule has 1 aliphatic heterocycles. The molecule has 1 aliphatic rings. The van der Waals surface area contributed by atoms with Crippen molar-refractivity contribution < 1.29 is 0 Å². The van der Waals surface area contributed by atoms with Gasteiger partial charge in [-0.3, -0.25) is 0 Å². The van der Waals surface area contributed by atoms with Gasteiger partial charge in [-0.2, -0.15) is 10.2 Å². The maximum Gasteiger partial charge on any atom is 0.116 e. The number of halogens is 2. The number of aryl methyl sites for hydroxylation is 1. The van der Waals surface area contributed by atoms with Crippen LogP contribution in [0.1, 0.15) is 16.8 Å². The Kier molecular flexibility index (Phi) is 4.34. The molecule has 0 radical (unpaired) electrons.